The third kappa shape index (κ3) is 5.90. The van der Waals surface area contributed by atoms with Gasteiger partial charge in [0, 0.05) is 25.2 Å². The Bertz CT molecular complexity index is 889. The highest BCUT2D eigenvalue weighted by molar-refractivity contribution is 7.89. The Hall–Kier alpha value is -2.18. The van der Waals surface area contributed by atoms with Gasteiger partial charge in [-0.05, 0) is 55.5 Å². The first kappa shape index (κ1) is 21.5. The normalized spacial score (nSPS) is 15.4. The standard InChI is InChI=1S/C23H30N2O3S/c1-25(21-12-6-3-7-13-21)29(27,28)22-17-15-20(16-18-22)24-23(26)14-8-11-19-9-4-2-5-10-19/h2,4-5,9-10,15-18,21H,3,6-8,11-14H2,1H3,(H,24,26). The molecular weight excluding hydrogens is 384 g/mol. The van der Waals surface area contributed by atoms with Gasteiger partial charge in [-0.3, -0.25) is 4.79 Å². The molecule has 0 unspecified atom stereocenters. The number of sulfonamides is 1. The highest BCUT2D eigenvalue weighted by Gasteiger charge is 2.28. The van der Waals surface area contributed by atoms with Gasteiger partial charge in [-0.15, -0.1) is 0 Å². The molecule has 0 bridgehead atoms. The number of carbonyl (C=O) groups is 1. The van der Waals surface area contributed by atoms with Crippen LogP contribution < -0.4 is 5.32 Å². The van der Waals surface area contributed by atoms with E-state index in [1.54, 1.807) is 31.3 Å². The van der Waals surface area contributed by atoms with E-state index in [2.05, 4.69) is 17.4 Å². The maximum atomic E-state index is 12.9. The van der Waals surface area contributed by atoms with E-state index in [4.69, 9.17) is 0 Å². The Balaban J connectivity index is 1.53. The largest absolute Gasteiger partial charge is 0.326 e. The smallest absolute Gasteiger partial charge is 0.243 e. The molecule has 0 heterocycles. The minimum absolute atomic E-state index is 0.0594. The first-order chi connectivity index (χ1) is 14.0. The zero-order valence-corrected chi connectivity index (χ0v) is 17.8. The van der Waals surface area contributed by atoms with Crippen LogP contribution in [-0.4, -0.2) is 31.7 Å². The van der Waals surface area contributed by atoms with Crippen molar-refractivity contribution in [3.8, 4) is 0 Å². The number of hydrogen-bond donors (Lipinski definition) is 1. The number of rotatable bonds is 8. The summed E-state index contributed by atoms with van der Waals surface area (Å²) in [6.07, 6.45) is 7.26. The summed E-state index contributed by atoms with van der Waals surface area (Å²) in [5.41, 5.74) is 1.84. The number of benzene rings is 2. The fraction of sp³-hybridized carbons (Fsp3) is 0.435. The SMILES string of the molecule is CN(C1CCCCC1)S(=O)(=O)c1ccc(NC(=O)CCCc2ccccc2)cc1. The van der Waals surface area contributed by atoms with Crippen molar-refractivity contribution in [3.63, 3.8) is 0 Å². The molecule has 6 heteroatoms. The molecule has 3 rings (SSSR count). The van der Waals surface area contributed by atoms with Crippen LogP contribution in [0.2, 0.25) is 0 Å². The summed E-state index contributed by atoms with van der Waals surface area (Å²) in [6.45, 7) is 0. The van der Waals surface area contributed by atoms with E-state index in [1.807, 2.05) is 18.2 Å². The van der Waals surface area contributed by atoms with Crippen LogP contribution in [-0.2, 0) is 21.2 Å². The van der Waals surface area contributed by atoms with Gasteiger partial charge in [-0.2, -0.15) is 4.31 Å². The molecule has 1 aliphatic rings. The maximum Gasteiger partial charge on any atom is 0.243 e. The van der Waals surface area contributed by atoms with Gasteiger partial charge >= 0.3 is 0 Å². The van der Waals surface area contributed by atoms with Crippen LogP contribution in [0, 0.1) is 0 Å². The molecule has 29 heavy (non-hydrogen) atoms. The lowest BCUT2D eigenvalue weighted by Gasteiger charge is -2.30. The quantitative estimate of drug-likeness (QED) is 0.686. The van der Waals surface area contributed by atoms with E-state index < -0.39 is 10.0 Å². The molecule has 1 aliphatic carbocycles. The van der Waals surface area contributed by atoms with Crippen LogP contribution in [0.4, 0.5) is 5.69 Å². The predicted octanol–water partition coefficient (Wildman–Crippen LogP) is 4.60. The van der Waals surface area contributed by atoms with Crippen LogP contribution in [0.25, 0.3) is 0 Å². The van der Waals surface area contributed by atoms with E-state index in [9.17, 15) is 13.2 Å². The van der Waals surface area contributed by atoms with Crippen molar-refractivity contribution in [2.45, 2.75) is 62.3 Å². The summed E-state index contributed by atoms with van der Waals surface area (Å²) in [4.78, 5) is 12.4. The number of nitrogens with zero attached hydrogens (tertiary/aromatic N) is 1. The van der Waals surface area contributed by atoms with E-state index in [0.29, 0.717) is 12.1 Å². The zero-order chi connectivity index (χ0) is 20.7. The number of hydrogen-bond acceptors (Lipinski definition) is 3. The number of aryl methyl sites for hydroxylation is 1. The summed E-state index contributed by atoms with van der Waals surface area (Å²) < 4.78 is 27.3. The summed E-state index contributed by atoms with van der Waals surface area (Å²) in [7, 11) is -1.83. The second kappa shape index (κ2) is 10.0. The third-order valence-electron chi connectivity index (χ3n) is 5.62. The molecule has 2 aromatic rings. The summed E-state index contributed by atoms with van der Waals surface area (Å²) in [5.74, 6) is -0.0594. The van der Waals surface area contributed by atoms with Gasteiger partial charge < -0.3 is 5.32 Å². The Labute approximate surface area is 174 Å². The van der Waals surface area contributed by atoms with E-state index in [1.165, 1.54) is 16.3 Å². The molecule has 0 aliphatic heterocycles. The Morgan fingerprint density at radius 1 is 1.00 bits per heavy atom. The van der Waals surface area contributed by atoms with Gasteiger partial charge in [0.25, 0.3) is 0 Å². The van der Waals surface area contributed by atoms with Crippen LogP contribution in [0.3, 0.4) is 0 Å². The van der Waals surface area contributed by atoms with Crippen molar-refractivity contribution < 1.29 is 13.2 Å². The second-order valence-electron chi connectivity index (χ2n) is 7.72. The minimum Gasteiger partial charge on any atom is -0.326 e. The number of amides is 1. The lowest BCUT2D eigenvalue weighted by atomic mass is 9.96. The fourth-order valence-corrected chi connectivity index (χ4v) is 5.25. The van der Waals surface area contributed by atoms with Gasteiger partial charge in [0.15, 0.2) is 0 Å². The first-order valence-corrected chi connectivity index (χ1v) is 11.8. The fourth-order valence-electron chi connectivity index (χ4n) is 3.84. The van der Waals surface area contributed by atoms with Crippen LogP contribution in [0.15, 0.2) is 59.5 Å². The van der Waals surface area contributed by atoms with Crippen molar-refractivity contribution in [2.24, 2.45) is 0 Å². The molecule has 1 fully saturated rings. The Morgan fingerprint density at radius 2 is 1.66 bits per heavy atom. The van der Waals surface area contributed by atoms with Gasteiger partial charge in [-0.1, -0.05) is 49.6 Å². The minimum atomic E-state index is -3.51. The summed E-state index contributed by atoms with van der Waals surface area (Å²) >= 11 is 0. The van der Waals surface area contributed by atoms with Gasteiger partial charge in [0.05, 0.1) is 4.90 Å². The zero-order valence-electron chi connectivity index (χ0n) is 17.0. The Kier molecular flexibility index (Phi) is 7.45. The first-order valence-electron chi connectivity index (χ1n) is 10.4. The molecule has 1 saturated carbocycles. The van der Waals surface area contributed by atoms with Crippen LogP contribution >= 0.6 is 0 Å². The predicted molar refractivity (Wildman–Crippen MR) is 116 cm³/mol. The average Bonchev–Trinajstić information content (AvgIpc) is 2.75. The molecular formula is C23H30N2O3S. The monoisotopic (exact) mass is 414 g/mol. The number of anilines is 1. The number of nitrogens with one attached hydrogen (secondary N) is 1. The van der Waals surface area contributed by atoms with Gasteiger partial charge in [0.2, 0.25) is 15.9 Å². The summed E-state index contributed by atoms with van der Waals surface area (Å²) in [6, 6.07) is 16.6. The van der Waals surface area contributed by atoms with Crippen molar-refractivity contribution in [3.05, 3.63) is 60.2 Å². The second-order valence-corrected chi connectivity index (χ2v) is 9.72. The molecule has 156 valence electrons. The summed E-state index contributed by atoms with van der Waals surface area (Å²) in [5, 5.41) is 2.85. The van der Waals surface area contributed by atoms with Crippen molar-refractivity contribution in [1.29, 1.82) is 0 Å². The lowest BCUT2D eigenvalue weighted by molar-refractivity contribution is -0.116. The van der Waals surface area contributed by atoms with Gasteiger partial charge in [-0.25, -0.2) is 8.42 Å². The van der Waals surface area contributed by atoms with Crippen molar-refractivity contribution in [2.75, 3.05) is 12.4 Å². The third-order valence-corrected chi connectivity index (χ3v) is 7.54. The van der Waals surface area contributed by atoms with E-state index in [0.717, 1.165) is 38.5 Å². The molecule has 1 amide bonds. The average molecular weight is 415 g/mol. The molecule has 2 aromatic carbocycles. The molecule has 1 N–H and O–H groups in total. The highest BCUT2D eigenvalue weighted by Crippen LogP contribution is 2.27. The molecule has 0 radical (unpaired) electrons. The van der Waals surface area contributed by atoms with E-state index >= 15 is 0 Å². The van der Waals surface area contributed by atoms with Crippen molar-refractivity contribution in [1.82, 2.24) is 4.31 Å². The topological polar surface area (TPSA) is 66.5 Å². The van der Waals surface area contributed by atoms with E-state index in [-0.39, 0.29) is 16.8 Å². The maximum absolute atomic E-state index is 12.9. The van der Waals surface area contributed by atoms with Crippen LogP contribution in [0.1, 0.15) is 50.5 Å². The Morgan fingerprint density at radius 3 is 2.31 bits per heavy atom. The number of carbonyl (C=O) groups excluding carboxylic acids is 1. The molecule has 0 spiro atoms. The molecule has 0 aromatic heterocycles. The molecule has 0 atom stereocenters. The lowest BCUT2D eigenvalue weighted by Crippen LogP contribution is -2.38. The highest BCUT2D eigenvalue weighted by atomic mass is 32.2. The molecule has 0 saturated heterocycles. The van der Waals surface area contributed by atoms with Crippen molar-refractivity contribution >= 4 is 21.6 Å². The molecule has 5 nitrogen and oxygen atoms in total. The van der Waals surface area contributed by atoms with Crippen LogP contribution in [0.5, 0.6) is 0 Å². The van der Waals surface area contributed by atoms with Gasteiger partial charge in [0.1, 0.15) is 0 Å².